The first kappa shape index (κ1) is 15.1. The summed E-state index contributed by atoms with van der Waals surface area (Å²) in [7, 11) is 0. The molecule has 1 heterocycles. The maximum absolute atomic E-state index is 12.5. The van der Waals surface area contributed by atoms with Crippen molar-refractivity contribution in [3.63, 3.8) is 0 Å². The lowest BCUT2D eigenvalue weighted by molar-refractivity contribution is -0.140. The zero-order valence-corrected chi connectivity index (χ0v) is 13.2. The first-order valence-electron chi connectivity index (χ1n) is 8.06. The van der Waals surface area contributed by atoms with Crippen molar-refractivity contribution in [3.05, 3.63) is 12.2 Å². The predicted octanol–water partition coefficient (Wildman–Crippen LogP) is 0.354. The number of hydrogen-bond acceptors (Lipinski definition) is 3. The maximum atomic E-state index is 12.5. The molecule has 0 spiro atoms. The second kappa shape index (κ2) is 5.74. The van der Waals surface area contributed by atoms with E-state index < -0.39 is 0 Å². The quantitative estimate of drug-likeness (QED) is 0.332. The summed E-state index contributed by atoms with van der Waals surface area (Å²) in [5.41, 5.74) is 5.76. The van der Waals surface area contributed by atoms with Crippen LogP contribution in [0.4, 0.5) is 0 Å². The van der Waals surface area contributed by atoms with Gasteiger partial charge in [-0.3, -0.25) is 19.5 Å². The van der Waals surface area contributed by atoms with Crippen LogP contribution < -0.4 is 11.1 Å². The number of nitrogens with two attached hydrogens (primary N) is 1. The van der Waals surface area contributed by atoms with Crippen LogP contribution in [0.3, 0.4) is 0 Å². The van der Waals surface area contributed by atoms with E-state index in [4.69, 9.17) is 5.73 Å². The fourth-order valence-electron chi connectivity index (χ4n) is 3.82. The molecule has 120 valence electrons. The van der Waals surface area contributed by atoms with Gasteiger partial charge in [-0.2, -0.15) is 0 Å². The van der Waals surface area contributed by atoms with Gasteiger partial charge in [-0.15, -0.1) is 0 Å². The van der Waals surface area contributed by atoms with Crippen LogP contribution in [-0.2, 0) is 9.59 Å². The van der Waals surface area contributed by atoms with Crippen LogP contribution in [-0.4, -0.2) is 42.3 Å². The molecule has 6 nitrogen and oxygen atoms in total. The highest BCUT2D eigenvalue weighted by atomic mass is 16.2. The standard InChI is InChI=1S/C16H24N4O2/c1-9(2)8-19-16(17)18-5-6-20-14(21)12-10-3-4-11(7-10)13(12)15(20)22/h3-4,9-13H,5-8H2,1-2H3,(H3,17,18,19). The number of hydrogen-bond donors (Lipinski definition) is 2. The number of amides is 2. The highest BCUT2D eigenvalue weighted by molar-refractivity contribution is 6.06. The van der Waals surface area contributed by atoms with Crippen LogP contribution in [0.25, 0.3) is 0 Å². The molecule has 0 aromatic carbocycles. The summed E-state index contributed by atoms with van der Waals surface area (Å²) in [5, 5.41) is 2.98. The molecule has 0 aromatic heterocycles. The minimum absolute atomic E-state index is 0.00802. The zero-order chi connectivity index (χ0) is 15.9. The molecular weight excluding hydrogens is 280 g/mol. The Morgan fingerprint density at radius 2 is 1.91 bits per heavy atom. The number of carbonyl (C=O) groups is 2. The van der Waals surface area contributed by atoms with Gasteiger partial charge in [-0.1, -0.05) is 26.0 Å². The smallest absolute Gasteiger partial charge is 0.233 e. The topological polar surface area (TPSA) is 87.8 Å². The number of allylic oxidation sites excluding steroid dienone is 2. The van der Waals surface area contributed by atoms with Crippen molar-refractivity contribution < 1.29 is 9.59 Å². The summed E-state index contributed by atoms with van der Waals surface area (Å²) in [6, 6.07) is 0. The van der Waals surface area contributed by atoms with Crippen molar-refractivity contribution in [1.29, 1.82) is 0 Å². The van der Waals surface area contributed by atoms with E-state index in [0.29, 0.717) is 31.5 Å². The molecular formula is C16H24N4O2. The molecule has 6 heteroatoms. The average molecular weight is 304 g/mol. The van der Waals surface area contributed by atoms with Crippen LogP contribution in [0.15, 0.2) is 17.1 Å². The van der Waals surface area contributed by atoms with Crippen LogP contribution >= 0.6 is 0 Å². The van der Waals surface area contributed by atoms with E-state index in [0.717, 1.165) is 6.42 Å². The summed E-state index contributed by atoms with van der Waals surface area (Å²) < 4.78 is 0. The Morgan fingerprint density at radius 1 is 1.32 bits per heavy atom. The molecule has 1 aliphatic heterocycles. The Bertz CT molecular complexity index is 510. The van der Waals surface area contributed by atoms with E-state index in [-0.39, 0.29) is 35.5 Å². The second-order valence-corrected chi connectivity index (χ2v) is 6.87. The van der Waals surface area contributed by atoms with Crippen molar-refractivity contribution >= 4 is 17.8 Å². The highest BCUT2D eigenvalue weighted by Gasteiger charge is 2.58. The van der Waals surface area contributed by atoms with Gasteiger partial charge >= 0.3 is 0 Å². The van der Waals surface area contributed by atoms with Crippen LogP contribution in [0.5, 0.6) is 0 Å². The summed E-state index contributed by atoms with van der Waals surface area (Å²) >= 11 is 0. The molecule has 4 atom stereocenters. The van der Waals surface area contributed by atoms with Gasteiger partial charge in [-0.25, -0.2) is 0 Å². The molecule has 3 aliphatic rings. The molecule has 1 saturated heterocycles. The number of likely N-dealkylation sites (tertiary alicyclic amines) is 1. The monoisotopic (exact) mass is 304 g/mol. The number of guanidine groups is 1. The minimum atomic E-state index is -0.116. The van der Waals surface area contributed by atoms with E-state index in [2.05, 4.69) is 36.3 Å². The van der Waals surface area contributed by atoms with Crippen LogP contribution in [0, 0.1) is 29.6 Å². The van der Waals surface area contributed by atoms with Crippen molar-refractivity contribution in [3.8, 4) is 0 Å². The predicted molar refractivity (Wildman–Crippen MR) is 83.8 cm³/mol. The van der Waals surface area contributed by atoms with Crippen LogP contribution in [0.2, 0.25) is 0 Å². The Balaban J connectivity index is 1.53. The molecule has 0 radical (unpaired) electrons. The summed E-state index contributed by atoms with van der Waals surface area (Å²) in [6.45, 7) is 5.62. The average Bonchev–Trinajstić information content (AvgIpc) is 3.14. The van der Waals surface area contributed by atoms with Crippen molar-refractivity contribution in [1.82, 2.24) is 10.2 Å². The molecule has 3 rings (SSSR count). The molecule has 1 saturated carbocycles. The fourth-order valence-corrected chi connectivity index (χ4v) is 3.82. The third-order valence-electron chi connectivity index (χ3n) is 4.83. The maximum Gasteiger partial charge on any atom is 0.233 e. The number of nitrogens with one attached hydrogen (secondary N) is 1. The number of nitrogens with zero attached hydrogens (tertiary/aromatic N) is 2. The van der Waals surface area contributed by atoms with E-state index >= 15 is 0 Å². The molecule has 2 amide bonds. The Kier molecular flexibility index (Phi) is 3.93. The number of rotatable bonds is 5. The van der Waals surface area contributed by atoms with Crippen molar-refractivity contribution in [2.75, 3.05) is 19.6 Å². The number of aliphatic imine (C=N–C) groups is 1. The second-order valence-electron chi connectivity index (χ2n) is 6.87. The lowest BCUT2D eigenvalue weighted by Gasteiger charge is -2.17. The number of fused-ring (bicyclic) bond motifs is 5. The number of carbonyl (C=O) groups excluding carboxylic acids is 2. The van der Waals surface area contributed by atoms with Gasteiger partial charge in [0.05, 0.1) is 11.8 Å². The van der Waals surface area contributed by atoms with E-state index in [9.17, 15) is 9.59 Å². The summed E-state index contributed by atoms with van der Waals surface area (Å²) in [6.07, 6.45) is 5.18. The first-order chi connectivity index (χ1) is 10.5. The fraction of sp³-hybridized carbons (Fsp3) is 0.688. The Hall–Kier alpha value is -1.85. The normalized spacial score (nSPS) is 33.2. The summed E-state index contributed by atoms with van der Waals surface area (Å²) in [4.78, 5) is 30.5. The highest BCUT2D eigenvalue weighted by Crippen LogP contribution is 2.52. The largest absolute Gasteiger partial charge is 0.370 e. The first-order valence-corrected chi connectivity index (χ1v) is 8.06. The van der Waals surface area contributed by atoms with E-state index in [1.165, 1.54) is 4.90 Å². The lowest BCUT2D eigenvalue weighted by atomic mass is 9.85. The molecule has 0 aromatic rings. The molecule has 4 unspecified atom stereocenters. The SMILES string of the molecule is CC(C)CN=C(N)NCCN1C(=O)C2C3C=CC(C3)C2C1=O. The van der Waals surface area contributed by atoms with Crippen molar-refractivity contribution in [2.45, 2.75) is 20.3 Å². The van der Waals surface area contributed by atoms with E-state index in [1.807, 2.05) is 0 Å². The number of imide groups is 1. The molecule has 22 heavy (non-hydrogen) atoms. The van der Waals surface area contributed by atoms with Gasteiger partial charge < -0.3 is 11.1 Å². The Morgan fingerprint density at radius 3 is 2.45 bits per heavy atom. The third kappa shape index (κ3) is 2.51. The van der Waals surface area contributed by atoms with Gasteiger partial charge in [-0.05, 0) is 24.2 Å². The van der Waals surface area contributed by atoms with Gasteiger partial charge in [0.1, 0.15) is 0 Å². The van der Waals surface area contributed by atoms with Gasteiger partial charge in [0.15, 0.2) is 5.96 Å². The Labute approximate surface area is 130 Å². The van der Waals surface area contributed by atoms with Crippen molar-refractivity contribution in [2.24, 2.45) is 40.3 Å². The molecule has 2 bridgehead atoms. The summed E-state index contributed by atoms with van der Waals surface area (Å²) in [5.74, 6) is 1.10. The van der Waals surface area contributed by atoms with Crippen LogP contribution in [0.1, 0.15) is 20.3 Å². The molecule has 3 N–H and O–H groups in total. The lowest BCUT2D eigenvalue weighted by Crippen LogP contribution is -2.42. The minimum Gasteiger partial charge on any atom is -0.370 e. The molecule has 2 fully saturated rings. The van der Waals surface area contributed by atoms with Gasteiger partial charge in [0.2, 0.25) is 11.8 Å². The third-order valence-corrected chi connectivity index (χ3v) is 4.83. The molecule has 2 aliphatic carbocycles. The van der Waals surface area contributed by atoms with Gasteiger partial charge in [0, 0.05) is 19.6 Å². The van der Waals surface area contributed by atoms with Gasteiger partial charge in [0.25, 0.3) is 0 Å². The van der Waals surface area contributed by atoms with E-state index in [1.54, 1.807) is 0 Å². The zero-order valence-electron chi connectivity index (χ0n) is 13.2.